The quantitative estimate of drug-likeness (QED) is 0.762. The van der Waals surface area contributed by atoms with E-state index in [4.69, 9.17) is 5.11 Å². The molecule has 1 amide bonds. The Labute approximate surface area is 86.9 Å². The van der Waals surface area contributed by atoms with E-state index in [9.17, 15) is 9.59 Å². The molecule has 0 saturated carbocycles. The third-order valence-electron chi connectivity index (χ3n) is 1.71. The third-order valence-corrected chi connectivity index (χ3v) is 1.71. The number of nitrogens with zero attached hydrogens (tertiary/aromatic N) is 2. The van der Waals surface area contributed by atoms with Gasteiger partial charge in [0.05, 0.1) is 0 Å². The molecule has 2 N–H and O–H groups in total. The number of aromatic nitrogens is 2. The molecule has 0 bridgehead atoms. The first kappa shape index (κ1) is 11.2. The van der Waals surface area contributed by atoms with Crippen LogP contribution >= 0.6 is 0 Å². The average molecular weight is 211 g/mol. The number of hydrogen-bond acceptors (Lipinski definition) is 3. The Morgan fingerprint density at radius 2 is 2.27 bits per heavy atom. The first-order valence-electron chi connectivity index (χ1n) is 4.55. The minimum Gasteiger partial charge on any atom is -0.480 e. The Morgan fingerprint density at radius 1 is 1.60 bits per heavy atom. The SMILES string of the molecule is CC(C)C(=O)Nc1ccn(CC(=O)O)n1. The fourth-order valence-corrected chi connectivity index (χ4v) is 0.926. The van der Waals surface area contributed by atoms with Crippen LogP contribution in [0.2, 0.25) is 0 Å². The van der Waals surface area contributed by atoms with Gasteiger partial charge >= 0.3 is 5.97 Å². The molecule has 0 aromatic carbocycles. The van der Waals surface area contributed by atoms with E-state index in [1.165, 1.54) is 10.9 Å². The van der Waals surface area contributed by atoms with Crippen LogP contribution in [0.5, 0.6) is 0 Å². The van der Waals surface area contributed by atoms with Crippen molar-refractivity contribution in [3.8, 4) is 0 Å². The van der Waals surface area contributed by atoms with Crippen molar-refractivity contribution in [2.75, 3.05) is 5.32 Å². The summed E-state index contributed by atoms with van der Waals surface area (Å²) >= 11 is 0. The molecule has 0 spiro atoms. The Morgan fingerprint density at radius 3 is 2.80 bits per heavy atom. The zero-order valence-corrected chi connectivity index (χ0v) is 8.60. The lowest BCUT2D eigenvalue weighted by Crippen LogP contribution is -2.18. The highest BCUT2D eigenvalue weighted by atomic mass is 16.4. The van der Waals surface area contributed by atoms with Crippen molar-refractivity contribution in [2.24, 2.45) is 5.92 Å². The maximum Gasteiger partial charge on any atom is 0.325 e. The first-order chi connectivity index (χ1) is 6.99. The van der Waals surface area contributed by atoms with Crippen molar-refractivity contribution >= 4 is 17.7 Å². The minimum atomic E-state index is -0.972. The summed E-state index contributed by atoms with van der Waals surface area (Å²) in [5, 5.41) is 14.9. The summed E-state index contributed by atoms with van der Waals surface area (Å²) in [5.41, 5.74) is 0. The molecule has 1 aromatic rings. The number of hydrogen-bond donors (Lipinski definition) is 2. The number of nitrogens with one attached hydrogen (secondary N) is 1. The van der Waals surface area contributed by atoms with Gasteiger partial charge in [0, 0.05) is 18.2 Å². The van der Waals surface area contributed by atoms with E-state index in [0.29, 0.717) is 5.82 Å². The third kappa shape index (κ3) is 3.41. The maximum absolute atomic E-state index is 11.3. The molecule has 0 saturated heterocycles. The summed E-state index contributed by atoms with van der Waals surface area (Å²) in [6.07, 6.45) is 1.50. The van der Waals surface area contributed by atoms with Crippen LogP contribution in [0.4, 0.5) is 5.82 Å². The van der Waals surface area contributed by atoms with Crippen molar-refractivity contribution in [3.63, 3.8) is 0 Å². The molecule has 0 aliphatic rings. The average Bonchev–Trinajstić information content (AvgIpc) is 2.51. The molecule has 82 valence electrons. The highest BCUT2D eigenvalue weighted by Crippen LogP contribution is 2.04. The van der Waals surface area contributed by atoms with Gasteiger partial charge in [-0.05, 0) is 0 Å². The van der Waals surface area contributed by atoms with Crippen molar-refractivity contribution in [3.05, 3.63) is 12.3 Å². The van der Waals surface area contributed by atoms with Crippen LogP contribution in [-0.4, -0.2) is 26.8 Å². The van der Waals surface area contributed by atoms with E-state index in [1.54, 1.807) is 19.9 Å². The topological polar surface area (TPSA) is 84.2 Å². The van der Waals surface area contributed by atoms with Crippen molar-refractivity contribution in [1.82, 2.24) is 9.78 Å². The van der Waals surface area contributed by atoms with Gasteiger partial charge in [-0.25, -0.2) is 0 Å². The van der Waals surface area contributed by atoms with E-state index in [2.05, 4.69) is 10.4 Å². The Kier molecular flexibility index (Phi) is 3.43. The second kappa shape index (κ2) is 4.59. The van der Waals surface area contributed by atoms with Gasteiger partial charge in [-0.1, -0.05) is 13.8 Å². The van der Waals surface area contributed by atoms with Crippen molar-refractivity contribution in [1.29, 1.82) is 0 Å². The summed E-state index contributed by atoms with van der Waals surface area (Å²) in [5.74, 6) is -0.875. The fourth-order valence-electron chi connectivity index (χ4n) is 0.926. The number of anilines is 1. The highest BCUT2D eigenvalue weighted by molar-refractivity contribution is 5.91. The van der Waals surface area contributed by atoms with Crippen molar-refractivity contribution in [2.45, 2.75) is 20.4 Å². The first-order valence-corrected chi connectivity index (χ1v) is 4.55. The fraction of sp³-hybridized carbons (Fsp3) is 0.444. The smallest absolute Gasteiger partial charge is 0.325 e. The monoisotopic (exact) mass is 211 g/mol. The molecule has 6 nitrogen and oxygen atoms in total. The number of amides is 1. The molecule has 0 aliphatic heterocycles. The number of carbonyl (C=O) groups excluding carboxylic acids is 1. The predicted molar refractivity (Wildman–Crippen MR) is 53.3 cm³/mol. The van der Waals surface area contributed by atoms with Crippen LogP contribution in [0.3, 0.4) is 0 Å². The summed E-state index contributed by atoms with van der Waals surface area (Å²) < 4.78 is 1.25. The van der Waals surface area contributed by atoms with Gasteiger partial charge in [0.1, 0.15) is 6.54 Å². The van der Waals surface area contributed by atoms with Gasteiger partial charge in [-0.2, -0.15) is 5.10 Å². The molecule has 1 aromatic heterocycles. The Balaban J connectivity index is 2.60. The lowest BCUT2D eigenvalue weighted by atomic mass is 10.2. The molecule has 0 atom stereocenters. The lowest BCUT2D eigenvalue weighted by Gasteiger charge is -2.03. The van der Waals surface area contributed by atoms with Gasteiger partial charge in [0.2, 0.25) is 5.91 Å². The van der Waals surface area contributed by atoms with Gasteiger partial charge in [-0.3, -0.25) is 14.3 Å². The number of aliphatic carboxylic acids is 1. The van der Waals surface area contributed by atoms with E-state index in [0.717, 1.165) is 0 Å². The second-order valence-corrected chi connectivity index (χ2v) is 3.44. The Bertz CT molecular complexity index is 370. The van der Waals surface area contributed by atoms with E-state index in [1.807, 2.05) is 0 Å². The molecular weight excluding hydrogens is 198 g/mol. The second-order valence-electron chi connectivity index (χ2n) is 3.44. The Hall–Kier alpha value is -1.85. The molecule has 0 radical (unpaired) electrons. The van der Waals surface area contributed by atoms with E-state index < -0.39 is 5.97 Å². The zero-order valence-electron chi connectivity index (χ0n) is 8.60. The molecule has 1 rings (SSSR count). The summed E-state index contributed by atoms with van der Waals surface area (Å²) in [6.45, 7) is 3.32. The molecule has 6 heteroatoms. The number of carboxylic acids is 1. The van der Waals surface area contributed by atoms with Crippen LogP contribution in [0, 0.1) is 5.92 Å². The minimum absolute atomic E-state index is 0.130. The maximum atomic E-state index is 11.3. The molecule has 15 heavy (non-hydrogen) atoms. The molecule has 0 aliphatic carbocycles. The van der Waals surface area contributed by atoms with Crippen LogP contribution in [-0.2, 0) is 16.1 Å². The highest BCUT2D eigenvalue weighted by Gasteiger charge is 2.09. The van der Waals surface area contributed by atoms with Crippen LogP contribution in [0.1, 0.15) is 13.8 Å². The standard InChI is InChI=1S/C9H13N3O3/c1-6(2)9(15)10-7-3-4-12(11-7)5-8(13)14/h3-4,6H,5H2,1-2H3,(H,13,14)(H,10,11,15). The summed E-state index contributed by atoms with van der Waals surface area (Å²) in [4.78, 5) is 21.6. The van der Waals surface area contributed by atoms with Crippen LogP contribution < -0.4 is 5.32 Å². The summed E-state index contributed by atoms with van der Waals surface area (Å²) in [7, 11) is 0. The van der Waals surface area contributed by atoms with Crippen LogP contribution in [0.25, 0.3) is 0 Å². The van der Waals surface area contributed by atoms with Gasteiger partial charge in [0.15, 0.2) is 5.82 Å². The number of carbonyl (C=O) groups is 2. The molecule has 1 heterocycles. The number of carboxylic acid groups (broad SMARTS) is 1. The van der Waals surface area contributed by atoms with Crippen molar-refractivity contribution < 1.29 is 14.7 Å². The van der Waals surface area contributed by atoms with E-state index in [-0.39, 0.29) is 18.4 Å². The summed E-state index contributed by atoms with van der Waals surface area (Å²) in [6, 6.07) is 1.56. The van der Waals surface area contributed by atoms with Gasteiger partial charge < -0.3 is 10.4 Å². The largest absolute Gasteiger partial charge is 0.480 e. The van der Waals surface area contributed by atoms with Crippen LogP contribution in [0.15, 0.2) is 12.3 Å². The predicted octanol–water partition coefficient (Wildman–Crippen LogP) is 0.562. The molecule has 0 unspecified atom stereocenters. The number of rotatable bonds is 4. The normalized spacial score (nSPS) is 10.3. The van der Waals surface area contributed by atoms with Gasteiger partial charge in [0.25, 0.3) is 0 Å². The zero-order chi connectivity index (χ0) is 11.4. The lowest BCUT2D eigenvalue weighted by molar-refractivity contribution is -0.137. The molecule has 0 fully saturated rings. The van der Waals surface area contributed by atoms with E-state index >= 15 is 0 Å². The van der Waals surface area contributed by atoms with Gasteiger partial charge in [-0.15, -0.1) is 0 Å². The molecular formula is C9H13N3O3.